The van der Waals surface area contributed by atoms with E-state index >= 15 is 0 Å². The molecule has 1 saturated heterocycles. The van der Waals surface area contributed by atoms with Crippen LogP contribution in [0.4, 0.5) is 0 Å². The molecule has 1 unspecified atom stereocenters. The van der Waals surface area contributed by atoms with Gasteiger partial charge in [0, 0.05) is 35.3 Å². The van der Waals surface area contributed by atoms with Gasteiger partial charge in [-0.05, 0) is 75.4 Å². The summed E-state index contributed by atoms with van der Waals surface area (Å²) in [5.41, 5.74) is 4.90. The molecule has 31 heavy (non-hydrogen) atoms. The number of rotatable bonds is 6. The summed E-state index contributed by atoms with van der Waals surface area (Å²) in [7, 11) is 0. The Morgan fingerprint density at radius 2 is 1.90 bits per heavy atom. The molecule has 5 nitrogen and oxygen atoms in total. The summed E-state index contributed by atoms with van der Waals surface area (Å²) in [6, 6.07) is 14.6. The molecule has 1 aromatic carbocycles. The number of aryl methyl sites for hydroxylation is 1. The molecule has 5 heteroatoms. The van der Waals surface area contributed by atoms with Crippen LogP contribution < -0.4 is 5.32 Å². The van der Waals surface area contributed by atoms with Crippen molar-refractivity contribution >= 4 is 16.8 Å². The van der Waals surface area contributed by atoms with E-state index in [1.54, 1.807) is 0 Å². The summed E-state index contributed by atoms with van der Waals surface area (Å²) in [6.07, 6.45) is 7.23. The zero-order valence-electron chi connectivity index (χ0n) is 18.3. The van der Waals surface area contributed by atoms with Gasteiger partial charge in [0.15, 0.2) is 0 Å². The third-order valence-corrected chi connectivity index (χ3v) is 7.33. The van der Waals surface area contributed by atoms with E-state index in [1.807, 2.05) is 18.3 Å². The summed E-state index contributed by atoms with van der Waals surface area (Å²) in [5.74, 6) is 0.855. The largest absolute Gasteiger partial charge is 0.357 e. The van der Waals surface area contributed by atoms with E-state index < -0.39 is 0 Å². The molecule has 1 aliphatic heterocycles. The smallest absolute Gasteiger partial charge is 0.223 e. The van der Waals surface area contributed by atoms with E-state index in [0.717, 1.165) is 51.0 Å². The Hall–Kier alpha value is -2.66. The number of benzene rings is 1. The first-order valence-electron chi connectivity index (χ1n) is 11.7. The van der Waals surface area contributed by atoms with Gasteiger partial charge in [-0.1, -0.05) is 30.7 Å². The maximum atomic E-state index is 12.7. The number of nitrogens with zero attached hydrogens (tertiary/aromatic N) is 2. The van der Waals surface area contributed by atoms with Crippen molar-refractivity contribution in [2.75, 3.05) is 13.1 Å². The van der Waals surface area contributed by atoms with Crippen molar-refractivity contribution in [1.82, 2.24) is 20.2 Å². The van der Waals surface area contributed by atoms with Crippen LogP contribution in [0.3, 0.4) is 0 Å². The number of hydrogen-bond acceptors (Lipinski definition) is 3. The highest BCUT2D eigenvalue weighted by atomic mass is 16.2. The van der Waals surface area contributed by atoms with Gasteiger partial charge in [0.1, 0.15) is 0 Å². The molecular formula is C26H32N4O. The first kappa shape index (κ1) is 20.3. The Morgan fingerprint density at radius 3 is 2.58 bits per heavy atom. The number of para-hydroxylation sites is 1. The minimum absolute atomic E-state index is 0.0197. The normalized spacial score (nSPS) is 19.3. The number of aromatic amines is 1. The highest BCUT2D eigenvalue weighted by Crippen LogP contribution is 2.33. The molecule has 3 heterocycles. The van der Waals surface area contributed by atoms with Crippen molar-refractivity contribution < 1.29 is 4.79 Å². The molecule has 3 aromatic rings. The monoisotopic (exact) mass is 416 g/mol. The van der Waals surface area contributed by atoms with Gasteiger partial charge in [0.05, 0.1) is 11.7 Å². The third kappa shape index (κ3) is 4.24. The summed E-state index contributed by atoms with van der Waals surface area (Å²) < 4.78 is 0. The molecule has 2 aromatic heterocycles. The second-order valence-corrected chi connectivity index (χ2v) is 9.26. The van der Waals surface area contributed by atoms with Gasteiger partial charge in [-0.25, -0.2) is 0 Å². The van der Waals surface area contributed by atoms with Crippen LogP contribution in [-0.4, -0.2) is 33.9 Å². The molecule has 2 N–H and O–H groups in total. The molecular weight excluding hydrogens is 384 g/mol. The standard InChI is InChI=1S/C26H32N4O/c1-18-21-9-2-3-10-22(21)28-24(18)17-30-15-12-19(13-16-30)25(23-11-4-5-14-27-23)29-26(31)20-7-6-8-20/h2-5,9-11,14,19-20,25,28H,6-8,12-13,15-17H2,1H3,(H,29,31). The Balaban J connectivity index is 1.25. The lowest BCUT2D eigenvalue weighted by Crippen LogP contribution is -2.43. The zero-order valence-corrected chi connectivity index (χ0v) is 18.3. The van der Waals surface area contributed by atoms with Crippen LogP contribution >= 0.6 is 0 Å². The summed E-state index contributed by atoms with van der Waals surface area (Å²) in [5, 5.41) is 4.69. The van der Waals surface area contributed by atoms with Gasteiger partial charge >= 0.3 is 0 Å². The highest BCUT2D eigenvalue weighted by molar-refractivity contribution is 5.84. The van der Waals surface area contributed by atoms with Crippen molar-refractivity contribution in [3.63, 3.8) is 0 Å². The minimum Gasteiger partial charge on any atom is -0.357 e. The molecule has 2 fully saturated rings. The average Bonchev–Trinajstić information content (AvgIpc) is 3.08. The van der Waals surface area contributed by atoms with Gasteiger partial charge in [0.25, 0.3) is 0 Å². The van der Waals surface area contributed by atoms with Crippen LogP contribution in [0, 0.1) is 18.8 Å². The predicted octanol–water partition coefficient (Wildman–Crippen LogP) is 4.74. The number of nitrogens with one attached hydrogen (secondary N) is 2. The van der Waals surface area contributed by atoms with Gasteiger partial charge in [0.2, 0.25) is 5.91 Å². The van der Waals surface area contributed by atoms with Crippen molar-refractivity contribution in [3.05, 3.63) is 65.6 Å². The van der Waals surface area contributed by atoms with Crippen molar-refractivity contribution in [3.8, 4) is 0 Å². The second-order valence-electron chi connectivity index (χ2n) is 9.26. The maximum Gasteiger partial charge on any atom is 0.223 e. The zero-order chi connectivity index (χ0) is 21.2. The van der Waals surface area contributed by atoms with Crippen molar-refractivity contribution in [2.24, 2.45) is 11.8 Å². The van der Waals surface area contributed by atoms with Gasteiger partial charge in [-0.3, -0.25) is 14.7 Å². The third-order valence-electron chi connectivity index (χ3n) is 7.33. The van der Waals surface area contributed by atoms with Crippen LogP contribution in [0.2, 0.25) is 0 Å². The first-order valence-corrected chi connectivity index (χ1v) is 11.7. The van der Waals surface area contributed by atoms with Crippen molar-refractivity contribution in [2.45, 2.75) is 51.6 Å². The summed E-state index contributed by atoms with van der Waals surface area (Å²) in [4.78, 5) is 23.5. The van der Waals surface area contributed by atoms with E-state index in [4.69, 9.17) is 0 Å². The van der Waals surface area contributed by atoms with E-state index in [1.165, 1.54) is 28.6 Å². The van der Waals surface area contributed by atoms with Gasteiger partial charge in [-0.15, -0.1) is 0 Å². The number of fused-ring (bicyclic) bond motifs is 1. The Morgan fingerprint density at radius 1 is 1.13 bits per heavy atom. The molecule has 1 amide bonds. The second kappa shape index (κ2) is 8.83. The molecule has 2 aliphatic rings. The molecule has 5 rings (SSSR count). The quantitative estimate of drug-likeness (QED) is 0.610. The molecule has 1 aliphatic carbocycles. The minimum atomic E-state index is 0.0197. The highest BCUT2D eigenvalue weighted by Gasteiger charge is 2.33. The number of aromatic nitrogens is 2. The van der Waals surface area contributed by atoms with E-state index in [2.05, 4.69) is 57.4 Å². The van der Waals surface area contributed by atoms with E-state index in [-0.39, 0.29) is 17.9 Å². The number of hydrogen-bond donors (Lipinski definition) is 2. The number of carbonyl (C=O) groups excluding carboxylic acids is 1. The van der Waals surface area contributed by atoms with Crippen LogP contribution in [0.15, 0.2) is 48.7 Å². The lowest BCUT2D eigenvalue weighted by atomic mass is 9.83. The summed E-state index contributed by atoms with van der Waals surface area (Å²) >= 11 is 0. The molecule has 0 spiro atoms. The number of H-pyrrole nitrogens is 1. The Bertz CT molecular complexity index is 1030. The molecule has 1 atom stereocenters. The Labute approximate surface area is 184 Å². The summed E-state index contributed by atoms with van der Waals surface area (Å²) in [6.45, 7) is 5.26. The first-order chi connectivity index (χ1) is 15.2. The maximum absolute atomic E-state index is 12.7. The van der Waals surface area contributed by atoms with E-state index in [9.17, 15) is 4.79 Å². The number of pyridine rings is 1. The fraction of sp³-hybridized carbons (Fsp3) is 0.462. The lowest BCUT2D eigenvalue weighted by Gasteiger charge is -2.37. The fourth-order valence-corrected chi connectivity index (χ4v) is 5.10. The topological polar surface area (TPSA) is 61.0 Å². The lowest BCUT2D eigenvalue weighted by molar-refractivity contribution is -0.128. The van der Waals surface area contributed by atoms with Crippen LogP contribution in [0.5, 0.6) is 0 Å². The van der Waals surface area contributed by atoms with E-state index in [0.29, 0.717) is 5.92 Å². The average molecular weight is 417 g/mol. The van der Waals surface area contributed by atoms with Crippen LogP contribution in [0.1, 0.15) is 55.1 Å². The molecule has 0 radical (unpaired) electrons. The van der Waals surface area contributed by atoms with Crippen molar-refractivity contribution in [1.29, 1.82) is 0 Å². The number of likely N-dealkylation sites (tertiary alicyclic amines) is 1. The number of piperidine rings is 1. The Kier molecular flexibility index (Phi) is 5.77. The van der Waals surface area contributed by atoms with Crippen LogP contribution in [0.25, 0.3) is 10.9 Å². The molecule has 0 bridgehead atoms. The van der Waals surface area contributed by atoms with Gasteiger partial charge < -0.3 is 10.3 Å². The number of carbonyl (C=O) groups is 1. The van der Waals surface area contributed by atoms with Crippen LogP contribution in [-0.2, 0) is 11.3 Å². The van der Waals surface area contributed by atoms with Gasteiger partial charge in [-0.2, -0.15) is 0 Å². The predicted molar refractivity (Wildman–Crippen MR) is 123 cm³/mol. The fourth-order valence-electron chi connectivity index (χ4n) is 5.10. The number of amides is 1. The molecule has 162 valence electrons. The molecule has 1 saturated carbocycles. The SMILES string of the molecule is Cc1c(CN2CCC(C(NC(=O)C3CCC3)c3ccccn3)CC2)[nH]c2ccccc12.